The van der Waals surface area contributed by atoms with E-state index in [1.807, 2.05) is 42.5 Å². The Kier molecular flexibility index (Phi) is 3.20. The molecule has 4 aromatic rings. The van der Waals surface area contributed by atoms with Crippen molar-refractivity contribution >= 4 is 16.8 Å². The first-order valence-corrected chi connectivity index (χ1v) is 7.22. The molecule has 0 atom stereocenters. The van der Waals surface area contributed by atoms with Crippen molar-refractivity contribution in [1.82, 2.24) is 25.0 Å². The van der Waals surface area contributed by atoms with Crippen LogP contribution < -0.4 is 0 Å². The number of hydrogen-bond donors (Lipinski definition) is 1. The van der Waals surface area contributed by atoms with Crippen molar-refractivity contribution in [2.75, 3.05) is 0 Å². The molecule has 6 heteroatoms. The molecule has 6 nitrogen and oxygen atoms in total. The van der Waals surface area contributed by atoms with Crippen molar-refractivity contribution in [2.45, 2.75) is 6.54 Å². The summed E-state index contributed by atoms with van der Waals surface area (Å²) in [5, 5.41) is 8.99. The molecule has 0 saturated heterocycles. The molecule has 0 saturated carbocycles. The lowest BCUT2D eigenvalue weighted by Crippen LogP contribution is -2.10. The summed E-state index contributed by atoms with van der Waals surface area (Å²) in [6.45, 7) is 0.141. The van der Waals surface area contributed by atoms with Crippen LogP contribution in [0.2, 0.25) is 0 Å². The maximum atomic E-state index is 12.5. The Morgan fingerprint density at radius 1 is 1.13 bits per heavy atom. The minimum atomic E-state index is -0.0336. The van der Waals surface area contributed by atoms with Gasteiger partial charge in [0, 0.05) is 28.9 Å². The fraction of sp³-hybridized carbons (Fsp3) is 0.0588. The summed E-state index contributed by atoms with van der Waals surface area (Å²) in [5.41, 5.74) is 3.05. The zero-order valence-corrected chi connectivity index (χ0v) is 12.2. The molecule has 23 heavy (non-hydrogen) atoms. The summed E-state index contributed by atoms with van der Waals surface area (Å²) in [4.78, 5) is 19.7. The first-order valence-electron chi connectivity index (χ1n) is 7.22. The standard InChI is InChI=1S/C17H13N5O/c23-16(14-9-19-17-13(14)7-4-8-18-17)11-22-10-15(20-21-22)12-5-2-1-3-6-12/h1-10H,11H2,(H,18,19). The molecular weight excluding hydrogens is 290 g/mol. The number of hydrogen-bond acceptors (Lipinski definition) is 4. The van der Waals surface area contributed by atoms with Crippen LogP contribution in [0.25, 0.3) is 22.3 Å². The van der Waals surface area contributed by atoms with E-state index in [0.29, 0.717) is 11.2 Å². The number of nitrogens with one attached hydrogen (secondary N) is 1. The average molecular weight is 303 g/mol. The maximum absolute atomic E-state index is 12.5. The summed E-state index contributed by atoms with van der Waals surface area (Å²) >= 11 is 0. The smallest absolute Gasteiger partial charge is 0.186 e. The second-order valence-electron chi connectivity index (χ2n) is 5.19. The van der Waals surface area contributed by atoms with E-state index in [1.165, 1.54) is 0 Å². The first-order chi connectivity index (χ1) is 11.3. The van der Waals surface area contributed by atoms with E-state index in [0.717, 1.165) is 16.6 Å². The van der Waals surface area contributed by atoms with Crippen LogP contribution in [0.1, 0.15) is 10.4 Å². The molecule has 0 aliphatic heterocycles. The highest BCUT2D eigenvalue weighted by Crippen LogP contribution is 2.18. The van der Waals surface area contributed by atoms with E-state index in [1.54, 1.807) is 23.3 Å². The molecule has 0 fully saturated rings. The Hall–Kier alpha value is -3.28. The van der Waals surface area contributed by atoms with Gasteiger partial charge < -0.3 is 4.98 Å². The topological polar surface area (TPSA) is 76.5 Å². The Bertz CT molecular complexity index is 971. The van der Waals surface area contributed by atoms with Crippen LogP contribution in [0, 0.1) is 0 Å². The molecule has 0 aliphatic carbocycles. The minimum Gasteiger partial charge on any atom is -0.345 e. The summed E-state index contributed by atoms with van der Waals surface area (Å²) < 4.78 is 1.56. The van der Waals surface area contributed by atoms with E-state index in [-0.39, 0.29) is 12.3 Å². The van der Waals surface area contributed by atoms with Crippen LogP contribution in [0.5, 0.6) is 0 Å². The number of benzene rings is 1. The van der Waals surface area contributed by atoms with Gasteiger partial charge in [0.1, 0.15) is 17.9 Å². The number of fused-ring (bicyclic) bond motifs is 1. The summed E-state index contributed by atoms with van der Waals surface area (Å²) in [6, 6.07) is 13.4. The largest absolute Gasteiger partial charge is 0.345 e. The van der Waals surface area contributed by atoms with Crippen LogP contribution in [0.15, 0.2) is 61.1 Å². The number of ketones is 1. The summed E-state index contributed by atoms with van der Waals surface area (Å²) in [6.07, 6.45) is 5.16. The predicted molar refractivity (Wildman–Crippen MR) is 85.9 cm³/mol. The number of aromatic amines is 1. The Morgan fingerprint density at radius 3 is 2.87 bits per heavy atom. The lowest BCUT2D eigenvalue weighted by Gasteiger charge is -1.99. The maximum Gasteiger partial charge on any atom is 0.186 e. The van der Waals surface area contributed by atoms with Gasteiger partial charge in [-0.3, -0.25) is 4.79 Å². The third-order valence-corrected chi connectivity index (χ3v) is 3.67. The molecule has 1 N–H and O–H groups in total. The molecular formula is C17H13N5O. The van der Waals surface area contributed by atoms with Gasteiger partial charge in [0.25, 0.3) is 0 Å². The van der Waals surface area contributed by atoms with Crippen LogP contribution in [-0.4, -0.2) is 30.7 Å². The van der Waals surface area contributed by atoms with E-state index in [4.69, 9.17) is 0 Å². The number of carbonyl (C=O) groups excluding carboxylic acids is 1. The molecule has 0 spiro atoms. The van der Waals surface area contributed by atoms with Gasteiger partial charge in [-0.1, -0.05) is 35.5 Å². The van der Waals surface area contributed by atoms with Gasteiger partial charge in [0.05, 0.1) is 6.20 Å². The van der Waals surface area contributed by atoms with Crippen LogP contribution in [0.4, 0.5) is 0 Å². The number of rotatable bonds is 4. The number of aromatic nitrogens is 5. The van der Waals surface area contributed by atoms with E-state index in [2.05, 4.69) is 20.3 Å². The number of H-pyrrole nitrogens is 1. The second-order valence-corrected chi connectivity index (χ2v) is 5.19. The van der Waals surface area contributed by atoms with Crippen molar-refractivity contribution in [1.29, 1.82) is 0 Å². The lowest BCUT2D eigenvalue weighted by atomic mass is 10.1. The third kappa shape index (κ3) is 2.50. The Balaban J connectivity index is 1.59. The molecule has 1 aromatic carbocycles. The van der Waals surface area contributed by atoms with Crippen molar-refractivity contribution in [3.05, 3.63) is 66.6 Å². The molecule has 4 rings (SSSR count). The third-order valence-electron chi connectivity index (χ3n) is 3.67. The van der Waals surface area contributed by atoms with Crippen LogP contribution >= 0.6 is 0 Å². The number of carbonyl (C=O) groups is 1. The Morgan fingerprint density at radius 2 is 2.00 bits per heavy atom. The van der Waals surface area contributed by atoms with E-state index >= 15 is 0 Å². The van der Waals surface area contributed by atoms with Gasteiger partial charge in [-0.15, -0.1) is 5.10 Å². The second kappa shape index (κ2) is 5.49. The van der Waals surface area contributed by atoms with Crippen molar-refractivity contribution in [2.24, 2.45) is 0 Å². The van der Waals surface area contributed by atoms with Crippen LogP contribution in [0.3, 0.4) is 0 Å². The van der Waals surface area contributed by atoms with Crippen molar-refractivity contribution in [3.63, 3.8) is 0 Å². The fourth-order valence-corrected chi connectivity index (χ4v) is 2.54. The zero-order chi connectivity index (χ0) is 15.6. The van der Waals surface area contributed by atoms with E-state index in [9.17, 15) is 4.79 Å². The monoisotopic (exact) mass is 303 g/mol. The van der Waals surface area contributed by atoms with Gasteiger partial charge in [0.15, 0.2) is 5.78 Å². The number of nitrogens with zero attached hydrogens (tertiary/aromatic N) is 4. The molecule has 0 unspecified atom stereocenters. The highest BCUT2D eigenvalue weighted by atomic mass is 16.1. The molecule has 0 aliphatic rings. The zero-order valence-electron chi connectivity index (χ0n) is 12.2. The number of Topliss-reactive ketones (excluding diaryl/α,β-unsaturated/α-hetero) is 1. The van der Waals surface area contributed by atoms with Crippen molar-refractivity contribution < 1.29 is 4.79 Å². The Labute approximate surface area is 131 Å². The number of pyridine rings is 1. The van der Waals surface area contributed by atoms with Gasteiger partial charge in [-0.05, 0) is 12.1 Å². The molecule has 3 heterocycles. The van der Waals surface area contributed by atoms with Gasteiger partial charge in [0.2, 0.25) is 0 Å². The van der Waals surface area contributed by atoms with Gasteiger partial charge in [-0.25, -0.2) is 9.67 Å². The molecule has 0 amide bonds. The van der Waals surface area contributed by atoms with Gasteiger partial charge in [-0.2, -0.15) is 0 Å². The van der Waals surface area contributed by atoms with Gasteiger partial charge >= 0.3 is 0 Å². The quantitative estimate of drug-likeness (QED) is 0.588. The predicted octanol–water partition coefficient (Wildman–Crippen LogP) is 2.70. The molecule has 0 bridgehead atoms. The SMILES string of the molecule is O=C(Cn1cc(-c2ccccc2)nn1)c1c[nH]c2ncccc12. The normalized spacial score (nSPS) is 11.0. The lowest BCUT2D eigenvalue weighted by molar-refractivity contribution is 0.0968. The highest BCUT2D eigenvalue weighted by Gasteiger charge is 2.14. The fourth-order valence-electron chi connectivity index (χ4n) is 2.54. The summed E-state index contributed by atoms with van der Waals surface area (Å²) in [5.74, 6) is -0.0336. The molecule has 3 aromatic heterocycles. The first kappa shape index (κ1) is 13.4. The minimum absolute atomic E-state index is 0.0336. The summed E-state index contributed by atoms with van der Waals surface area (Å²) in [7, 11) is 0. The molecule has 112 valence electrons. The van der Waals surface area contributed by atoms with Crippen LogP contribution in [-0.2, 0) is 6.54 Å². The van der Waals surface area contributed by atoms with Crippen molar-refractivity contribution in [3.8, 4) is 11.3 Å². The molecule has 0 radical (unpaired) electrons. The van der Waals surface area contributed by atoms with E-state index < -0.39 is 0 Å². The average Bonchev–Trinajstić information content (AvgIpc) is 3.22. The highest BCUT2D eigenvalue weighted by molar-refractivity contribution is 6.06.